The molecule has 5 nitrogen and oxygen atoms in total. The standard InChI is InChI=1S/C21H27N3O2.HI/c1-15(13-16-7-9-17(25-2)10-8-16)14-23-21(22)24-19-11-12-26-20-6-4-3-5-18(19)20;/h3-10,15,19H,11-14H2,1-2H3,(H3,22,23,24);1H. The molecule has 2 atom stereocenters. The van der Waals surface area contributed by atoms with Gasteiger partial charge in [0.15, 0.2) is 5.96 Å². The lowest BCUT2D eigenvalue weighted by Gasteiger charge is -2.27. The molecule has 2 unspecified atom stereocenters. The summed E-state index contributed by atoms with van der Waals surface area (Å²) in [5.74, 6) is 2.71. The van der Waals surface area contributed by atoms with Crippen LogP contribution < -0.4 is 20.5 Å². The van der Waals surface area contributed by atoms with Gasteiger partial charge in [-0.3, -0.25) is 4.99 Å². The maximum atomic E-state index is 6.12. The van der Waals surface area contributed by atoms with Crippen molar-refractivity contribution in [2.75, 3.05) is 20.3 Å². The van der Waals surface area contributed by atoms with E-state index in [0.29, 0.717) is 25.0 Å². The first-order chi connectivity index (χ1) is 12.7. The summed E-state index contributed by atoms with van der Waals surface area (Å²) in [4.78, 5) is 4.54. The van der Waals surface area contributed by atoms with E-state index < -0.39 is 0 Å². The summed E-state index contributed by atoms with van der Waals surface area (Å²) < 4.78 is 10.9. The topological polar surface area (TPSA) is 68.9 Å². The van der Waals surface area contributed by atoms with Crippen LogP contribution in [0.3, 0.4) is 0 Å². The van der Waals surface area contributed by atoms with Crippen molar-refractivity contribution in [3.8, 4) is 11.5 Å². The van der Waals surface area contributed by atoms with Gasteiger partial charge in [0.05, 0.1) is 19.8 Å². The number of nitrogens with two attached hydrogens (primary N) is 1. The summed E-state index contributed by atoms with van der Waals surface area (Å²) in [5, 5.41) is 3.34. The number of para-hydroxylation sites is 1. The van der Waals surface area contributed by atoms with Crippen molar-refractivity contribution in [3.05, 3.63) is 59.7 Å². The Bertz CT molecular complexity index is 749. The van der Waals surface area contributed by atoms with Gasteiger partial charge in [-0.1, -0.05) is 37.3 Å². The third kappa shape index (κ3) is 6.02. The number of rotatable bonds is 6. The second kappa shape index (κ2) is 10.4. The molecular formula is C21H28IN3O2. The summed E-state index contributed by atoms with van der Waals surface area (Å²) in [7, 11) is 1.68. The molecule has 0 saturated heterocycles. The Balaban J connectivity index is 0.00000261. The highest BCUT2D eigenvalue weighted by molar-refractivity contribution is 14.0. The minimum atomic E-state index is 0. The van der Waals surface area contributed by atoms with Gasteiger partial charge in [0.25, 0.3) is 0 Å². The normalized spacial score (nSPS) is 17.1. The number of ether oxygens (including phenoxy) is 2. The average molecular weight is 481 g/mol. The maximum absolute atomic E-state index is 6.12. The van der Waals surface area contributed by atoms with Crippen molar-refractivity contribution >= 4 is 29.9 Å². The van der Waals surface area contributed by atoms with Crippen LogP contribution in [-0.4, -0.2) is 26.2 Å². The smallest absolute Gasteiger partial charge is 0.189 e. The number of benzene rings is 2. The van der Waals surface area contributed by atoms with Crippen LogP contribution in [0.5, 0.6) is 11.5 Å². The van der Waals surface area contributed by atoms with E-state index in [0.717, 1.165) is 29.9 Å². The minimum Gasteiger partial charge on any atom is -0.497 e. The van der Waals surface area contributed by atoms with Crippen LogP contribution in [0.2, 0.25) is 0 Å². The Kier molecular flexibility index (Phi) is 8.22. The van der Waals surface area contributed by atoms with Crippen LogP contribution in [0.1, 0.15) is 30.5 Å². The zero-order chi connectivity index (χ0) is 18.4. The van der Waals surface area contributed by atoms with Crippen LogP contribution in [0, 0.1) is 5.92 Å². The second-order valence-corrected chi connectivity index (χ2v) is 6.76. The number of halogens is 1. The number of guanidine groups is 1. The summed E-state index contributed by atoms with van der Waals surface area (Å²) in [6, 6.07) is 16.4. The molecule has 0 radical (unpaired) electrons. The van der Waals surface area contributed by atoms with Crippen molar-refractivity contribution in [3.63, 3.8) is 0 Å². The third-order valence-electron chi connectivity index (χ3n) is 4.60. The Labute approximate surface area is 178 Å². The van der Waals surface area contributed by atoms with E-state index in [1.807, 2.05) is 30.3 Å². The number of hydrogen-bond donors (Lipinski definition) is 2. The maximum Gasteiger partial charge on any atom is 0.189 e. The van der Waals surface area contributed by atoms with Crippen LogP contribution in [0.25, 0.3) is 0 Å². The van der Waals surface area contributed by atoms with Crippen LogP contribution in [-0.2, 0) is 6.42 Å². The predicted molar refractivity (Wildman–Crippen MR) is 120 cm³/mol. The highest BCUT2D eigenvalue weighted by Crippen LogP contribution is 2.31. The lowest BCUT2D eigenvalue weighted by atomic mass is 10.0. The molecule has 0 saturated carbocycles. The van der Waals surface area contributed by atoms with Gasteiger partial charge in [-0.05, 0) is 36.1 Å². The summed E-state index contributed by atoms with van der Waals surface area (Å²) in [6.07, 6.45) is 1.84. The lowest BCUT2D eigenvalue weighted by Crippen LogP contribution is -2.37. The quantitative estimate of drug-likeness (QED) is 0.373. The van der Waals surface area contributed by atoms with Crippen LogP contribution in [0.15, 0.2) is 53.5 Å². The largest absolute Gasteiger partial charge is 0.497 e. The van der Waals surface area contributed by atoms with E-state index in [1.54, 1.807) is 7.11 Å². The summed E-state index contributed by atoms with van der Waals surface area (Å²) >= 11 is 0. The van der Waals surface area contributed by atoms with Gasteiger partial charge in [0.2, 0.25) is 0 Å². The fourth-order valence-corrected chi connectivity index (χ4v) is 3.20. The lowest BCUT2D eigenvalue weighted by molar-refractivity contribution is 0.262. The zero-order valence-corrected chi connectivity index (χ0v) is 18.2. The SMILES string of the molecule is COc1ccc(CC(C)CN=C(N)NC2CCOc3ccccc32)cc1.I. The fourth-order valence-electron chi connectivity index (χ4n) is 3.20. The number of hydrogen-bond acceptors (Lipinski definition) is 3. The molecule has 1 aliphatic heterocycles. The van der Waals surface area contributed by atoms with Gasteiger partial charge < -0.3 is 20.5 Å². The van der Waals surface area contributed by atoms with Crippen molar-refractivity contribution < 1.29 is 9.47 Å². The fraction of sp³-hybridized carbons (Fsp3) is 0.381. The molecule has 1 aliphatic rings. The number of aliphatic imine (C=N–C) groups is 1. The van der Waals surface area contributed by atoms with E-state index in [-0.39, 0.29) is 30.0 Å². The summed E-state index contributed by atoms with van der Waals surface area (Å²) in [5.41, 5.74) is 8.54. The first-order valence-electron chi connectivity index (χ1n) is 9.07. The Hall–Kier alpha value is -1.96. The molecule has 146 valence electrons. The molecule has 1 heterocycles. The number of fused-ring (bicyclic) bond motifs is 1. The van der Waals surface area contributed by atoms with E-state index in [4.69, 9.17) is 15.2 Å². The molecule has 3 N–H and O–H groups in total. The highest BCUT2D eigenvalue weighted by Gasteiger charge is 2.21. The van der Waals surface area contributed by atoms with Gasteiger partial charge in [0, 0.05) is 18.5 Å². The van der Waals surface area contributed by atoms with Gasteiger partial charge in [-0.15, -0.1) is 24.0 Å². The van der Waals surface area contributed by atoms with E-state index in [2.05, 4.69) is 35.4 Å². The number of nitrogens with zero attached hydrogens (tertiary/aromatic N) is 1. The predicted octanol–water partition coefficient (Wildman–Crippen LogP) is 3.92. The molecule has 0 aliphatic carbocycles. The highest BCUT2D eigenvalue weighted by atomic mass is 127. The van der Waals surface area contributed by atoms with E-state index in [9.17, 15) is 0 Å². The number of nitrogens with one attached hydrogen (secondary N) is 1. The Morgan fingerprint density at radius 2 is 2.00 bits per heavy atom. The molecule has 0 bridgehead atoms. The van der Waals surface area contributed by atoms with E-state index >= 15 is 0 Å². The van der Waals surface area contributed by atoms with Crippen LogP contribution in [0.4, 0.5) is 0 Å². The van der Waals surface area contributed by atoms with Crippen molar-refractivity contribution in [2.24, 2.45) is 16.6 Å². The van der Waals surface area contributed by atoms with Crippen LogP contribution >= 0.6 is 24.0 Å². The van der Waals surface area contributed by atoms with Crippen molar-refractivity contribution in [1.82, 2.24) is 5.32 Å². The first kappa shape index (κ1) is 21.3. The van der Waals surface area contributed by atoms with Gasteiger partial charge >= 0.3 is 0 Å². The first-order valence-corrected chi connectivity index (χ1v) is 9.07. The minimum absolute atomic E-state index is 0. The Morgan fingerprint density at radius 1 is 1.26 bits per heavy atom. The van der Waals surface area contributed by atoms with Crippen molar-refractivity contribution in [1.29, 1.82) is 0 Å². The molecule has 0 amide bonds. The molecule has 27 heavy (non-hydrogen) atoms. The van der Waals surface area contributed by atoms with E-state index in [1.165, 1.54) is 5.56 Å². The molecule has 6 heteroatoms. The second-order valence-electron chi connectivity index (χ2n) is 6.76. The Morgan fingerprint density at radius 3 is 2.74 bits per heavy atom. The van der Waals surface area contributed by atoms with Gasteiger partial charge in [-0.2, -0.15) is 0 Å². The molecule has 0 fully saturated rings. The third-order valence-corrected chi connectivity index (χ3v) is 4.60. The average Bonchev–Trinajstić information content (AvgIpc) is 2.67. The van der Waals surface area contributed by atoms with Gasteiger partial charge in [-0.25, -0.2) is 0 Å². The molecule has 3 rings (SSSR count). The molecule has 2 aromatic rings. The monoisotopic (exact) mass is 481 g/mol. The molecule has 0 spiro atoms. The van der Waals surface area contributed by atoms with Gasteiger partial charge in [0.1, 0.15) is 11.5 Å². The number of methoxy groups -OCH3 is 1. The molecule has 0 aromatic heterocycles. The molecule has 2 aromatic carbocycles. The van der Waals surface area contributed by atoms with Crippen molar-refractivity contribution in [2.45, 2.75) is 25.8 Å². The molecular weight excluding hydrogens is 453 g/mol. The summed E-state index contributed by atoms with van der Waals surface area (Å²) in [6.45, 7) is 3.57. The zero-order valence-electron chi connectivity index (χ0n) is 15.9.